The minimum atomic E-state index is -0.878. The first kappa shape index (κ1) is 12.4. The summed E-state index contributed by atoms with van der Waals surface area (Å²) in [4.78, 5) is 16.8. The average molecular weight is 261 g/mol. The highest BCUT2D eigenvalue weighted by Crippen LogP contribution is 2.32. The monoisotopic (exact) mass is 261 g/mol. The Morgan fingerprint density at radius 2 is 1.95 bits per heavy atom. The number of piperidine rings is 1. The predicted octanol–water partition coefficient (Wildman–Crippen LogP) is 2.10. The zero-order valence-electron chi connectivity index (χ0n) is 10.8. The molecule has 2 aliphatic rings. The number of hydrogen-bond donors (Lipinski definition) is 2. The summed E-state index contributed by atoms with van der Waals surface area (Å²) in [6, 6.07) is 4.70. The summed E-state index contributed by atoms with van der Waals surface area (Å²) in [5, 5.41) is 13.0. The quantitative estimate of drug-likeness (QED) is 0.874. The zero-order valence-corrected chi connectivity index (χ0v) is 10.8. The van der Waals surface area contributed by atoms with Crippen molar-refractivity contribution in [3.63, 3.8) is 0 Å². The molecule has 0 aliphatic carbocycles. The van der Waals surface area contributed by atoms with E-state index in [1.807, 2.05) is 0 Å². The average Bonchev–Trinajstić information content (AvgIpc) is 2.76. The van der Waals surface area contributed by atoms with Crippen molar-refractivity contribution >= 4 is 11.8 Å². The van der Waals surface area contributed by atoms with Gasteiger partial charge in [-0.1, -0.05) is 0 Å². The van der Waals surface area contributed by atoms with Crippen molar-refractivity contribution in [2.24, 2.45) is 5.92 Å². The van der Waals surface area contributed by atoms with Gasteiger partial charge in [0.15, 0.2) is 0 Å². The molecule has 5 heteroatoms. The van der Waals surface area contributed by atoms with E-state index in [4.69, 9.17) is 0 Å². The van der Waals surface area contributed by atoms with E-state index in [0.29, 0.717) is 30.2 Å². The Kier molecular flexibility index (Phi) is 3.38. The van der Waals surface area contributed by atoms with Crippen molar-refractivity contribution in [2.45, 2.75) is 37.8 Å². The van der Waals surface area contributed by atoms with Crippen LogP contribution in [0.2, 0.25) is 0 Å². The second kappa shape index (κ2) is 5.17. The lowest BCUT2D eigenvalue weighted by atomic mass is 9.92. The standard InChI is InChI=1S/C14H19N3O2/c18-14(19)17(13-3-5-15-6-4-13)9-10-7-11-1-2-12(8-10)16-11/h3-6,10-12,16H,1-2,7-9H2,(H,18,19)/t10-,11-,12+. The van der Waals surface area contributed by atoms with Gasteiger partial charge in [-0.15, -0.1) is 0 Å². The van der Waals surface area contributed by atoms with Crippen molar-refractivity contribution in [3.8, 4) is 0 Å². The SMILES string of the molecule is O=C(O)N(C[C@@H]1C[C@H]2CC[C@@H](C1)N2)c1ccncc1. The number of nitrogens with one attached hydrogen (secondary N) is 1. The van der Waals surface area contributed by atoms with Gasteiger partial charge < -0.3 is 10.4 Å². The highest BCUT2D eigenvalue weighted by molar-refractivity contribution is 5.85. The van der Waals surface area contributed by atoms with Gasteiger partial charge in [-0.05, 0) is 43.7 Å². The molecule has 1 amide bonds. The summed E-state index contributed by atoms with van der Waals surface area (Å²) < 4.78 is 0. The molecular weight excluding hydrogens is 242 g/mol. The van der Waals surface area contributed by atoms with Crippen LogP contribution in [-0.4, -0.2) is 34.8 Å². The molecule has 0 unspecified atom stereocenters. The molecule has 2 fully saturated rings. The number of nitrogens with zero attached hydrogens (tertiary/aromatic N) is 2. The van der Waals surface area contributed by atoms with Crippen molar-refractivity contribution < 1.29 is 9.90 Å². The molecule has 1 aromatic rings. The smallest absolute Gasteiger partial charge is 0.411 e. The summed E-state index contributed by atoms with van der Waals surface area (Å²) in [7, 11) is 0. The summed E-state index contributed by atoms with van der Waals surface area (Å²) in [5.41, 5.74) is 0.716. The molecule has 2 saturated heterocycles. The van der Waals surface area contributed by atoms with E-state index in [1.54, 1.807) is 24.5 Å². The van der Waals surface area contributed by atoms with Gasteiger partial charge >= 0.3 is 6.09 Å². The number of pyridine rings is 1. The molecule has 0 radical (unpaired) electrons. The molecule has 3 atom stereocenters. The molecule has 102 valence electrons. The van der Waals surface area contributed by atoms with Crippen LogP contribution in [0.5, 0.6) is 0 Å². The number of anilines is 1. The number of carbonyl (C=O) groups is 1. The lowest BCUT2D eigenvalue weighted by Crippen LogP contribution is -2.43. The summed E-state index contributed by atoms with van der Waals surface area (Å²) >= 11 is 0. The number of fused-ring (bicyclic) bond motifs is 2. The molecule has 3 rings (SSSR count). The largest absolute Gasteiger partial charge is 0.465 e. The van der Waals surface area contributed by atoms with E-state index in [0.717, 1.165) is 12.8 Å². The summed E-state index contributed by atoms with van der Waals surface area (Å²) in [5.74, 6) is 0.461. The number of carboxylic acid groups (broad SMARTS) is 1. The fourth-order valence-electron chi connectivity index (χ4n) is 3.40. The molecule has 2 N–H and O–H groups in total. The molecule has 2 aliphatic heterocycles. The highest BCUT2D eigenvalue weighted by atomic mass is 16.4. The van der Waals surface area contributed by atoms with Crippen molar-refractivity contribution in [3.05, 3.63) is 24.5 Å². The second-order valence-corrected chi connectivity index (χ2v) is 5.57. The van der Waals surface area contributed by atoms with Gasteiger partial charge in [0.2, 0.25) is 0 Å². The van der Waals surface area contributed by atoms with Crippen LogP contribution in [0.4, 0.5) is 10.5 Å². The topological polar surface area (TPSA) is 65.5 Å². The van der Waals surface area contributed by atoms with E-state index < -0.39 is 6.09 Å². The summed E-state index contributed by atoms with van der Waals surface area (Å²) in [6.07, 6.45) is 7.05. The number of aromatic nitrogens is 1. The fraction of sp³-hybridized carbons (Fsp3) is 0.571. The van der Waals surface area contributed by atoms with Crippen LogP contribution in [0, 0.1) is 5.92 Å². The van der Waals surface area contributed by atoms with Gasteiger partial charge in [0.25, 0.3) is 0 Å². The Hall–Kier alpha value is -1.62. The van der Waals surface area contributed by atoms with E-state index in [1.165, 1.54) is 17.7 Å². The fourth-order valence-corrected chi connectivity index (χ4v) is 3.40. The molecule has 3 heterocycles. The third-order valence-electron chi connectivity index (χ3n) is 4.22. The van der Waals surface area contributed by atoms with Gasteiger partial charge in [0.05, 0.1) is 5.69 Å². The van der Waals surface area contributed by atoms with Crippen LogP contribution < -0.4 is 10.2 Å². The van der Waals surface area contributed by atoms with Crippen LogP contribution in [0.1, 0.15) is 25.7 Å². The van der Waals surface area contributed by atoms with Crippen LogP contribution in [0.15, 0.2) is 24.5 Å². The molecule has 0 aromatic carbocycles. The molecule has 19 heavy (non-hydrogen) atoms. The summed E-state index contributed by atoms with van der Waals surface area (Å²) in [6.45, 7) is 0.591. The molecule has 0 spiro atoms. The zero-order chi connectivity index (χ0) is 13.2. The Morgan fingerprint density at radius 1 is 1.32 bits per heavy atom. The maximum Gasteiger partial charge on any atom is 0.411 e. The van der Waals surface area contributed by atoms with Crippen molar-refractivity contribution in [1.29, 1.82) is 0 Å². The normalized spacial score (nSPS) is 29.2. The number of amides is 1. The van der Waals surface area contributed by atoms with Crippen LogP contribution in [0.25, 0.3) is 0 Å². The Labute approximate surface area is 112 Å². The van der Waals surface area contributed by atoms with E-state index in [9.17, 15) is 9.90 Å². The number of rotatable bonds is 3. The van der Waals surface area contributed by atoms with Crippen LogP contribution in [-0.2, 0) is 0 Å². The van der Waals surface area contributed by atoms with Crippen LogP contribution >= 0.6 is 0 Å². The molecule has 5 nitrogen and oxygen atoms in total. The minimum absolute atomic E-state index is 0.461. The predicted molar refractivity (Wildman–Crippen MR) is 72.3 cm³/mol. The molecule has 2 bridgehead atoms. The van der Waals surface area contributed by atoms with E-state index >= 15 is 0 Å². The maximum atomic E-state index is 11.4. The van der Waals surface area contributed by atoms with Gasteiger partial charge in [0.1, 0.15) is 0 Å². The lowest BCUT2D eigenvalue weighted by molar-refractivity contribution is 0.198. The van der Waals surface area contributed by atoms with Gasteiger partial charge in [-0.2, -0.15) is 0 Å². The van der Waals surface area contributed by atoms with Gasteiger partial charge in [-0.3, -0.25) is 9.88 Å². The Balaban J connectivity index is 1.70. The van der Waals surface area contributed by atoms with E-state index in [2.05, 4.69) is 10.3 Å². The van der Waals surface area contributed by atoms with Crippen LogP contribution in [0.3, 0.4) is 0 Å². The molecular formula is C14H19N3O2. The Bertz CT molecular complexity index is 439. The van der Waals surface area contributed by atoms with Gasteiger partial charge in [0, 0.05) is 31.0 Å². The van der Waals surface area contributed by atoms with Crippen molar-refractivity contribution in [1.82, 2.24) is 10.3 Å². The molecule has 1 aromatic heterocycles. The molecule has 0 saturated carbocycles. The third kappa shape index (κ3) is 2.71. The third-order valence-corrected chi connectivity index (χ3v) is 4.22. The highest BCUT2D eigenvalue weighted by Gasteiger charge is 2.34. The Morgan fingerprint density at radius 3 is 2.53 bits per heavy atom. The lowest BCUT2D eigenvalue weighted by Gasteiger charge is -2.32. The first-order valence-corrected chi connectivity index (χ1v) is 6.89. The maximum absolute atomic E-state index is 11.4. The minimum Gasteiger partial charge on any atom is -0.465 e. The number of hydrogen-bond acceptors (Lipinski definition) is 3. The van der Waals surface area contributed by atoms with Gasteiger partial charge in [-0.25, -0.2) is 4.79 Å². The first-order valence-electron chi connectivity index (χ1n) is 6.89. The van der Waals surface area contributed by atoms with E-state index in [-0.39, 0.29) is 0 Å². The van der Waals surface area contributed by atoms with Crippen molar-refractivity contribution in [2.75, 3.05) is 11.4 Å². The second-order valence-electron chi connectivity index (χ2n) is 5.57. The first-order chi connectivity index (χ1) is 9.22.